The Balaban J connectivity index is 1.34. The summed E-state index contributed by atoms with van der Waals surface area (Å²) in [4.78, 5) is 17.3. The van der Waals surface area contributed by atoms with Gasteiger partial charge in [-0.3, -0.25) is 4.79 Å². The van der Waals surface area contributed by atoms with Crippen LogP contribution in [-0.2, 0) is 4.79 Å². The number of para-hydroxylation sites is 2. The van der Waals surface area contributed by atoms with Gasteiger partial charge in [0.05, 0.1) is 17.1 Å². The van der Waals surface area contributed by atoms with Crippen molar-refractivity contribution in [3.05, 3.63) is 54.3 Å². The molecule has 0 unspecified atom stereocenters. The van der Waals surface area contributed by atoms with Crippen molar-refractivity contribution in [1.29, 1.82) is 0 Å². The van der Waals surface area contributed by atoms with Crippen molar-refractivity contribution in [2.45, 2.75) is 12.1 Å². The molecule has 1 amide bonds. The Morgan fingerprint density at radius 3 is 2.58 bits per heavy atom. The molecule has 1 aromatic heterocycles. The summed E-state index contributed by atoms with van der Waals surface area (Å²) >= 11 is 1.16. The highest BCUT2D eigenvalue weighted by molar-refractivity contribution is 7.99. The molecular formula is C22H24FN5O2S. The molecule has 9 heteroatoms. The van der Waals surface area contributed by atoms with Gasteiger partial charge in [-0.2, -0.15) is 0 Å². The van der Waals surface area contributed by atoms with Crippen molar-refractivity contribution in [3.8, 4) is 11.5 Å². The van der Waals surface area contributed by atoms with Crippen LogP contribution in [0.2, 0.25) is 0 Å². The van der Waals surface area contributed by atoms with E-state index in [1.54, 1.807) is 12.1 Å². The Labute approximate surface area is 184 Å². The predicted octanol–water partition coefficient (Wildman–Crippen LogP) is 3.75. The van der Waals surface area contributed by atoms with Gasteiger partial charge in [0, 0.05) is 31.7 Å². The van der Waals surface area contributed by atoms with E-state index in [1.165, 1.54) is 12.1 Å². The fourth-order valence-corrected chi connectivity index (χ4v) is 4.01. The van der Waals surface area contributed by atoms with E-state index >= 15 is 0 Å². The second kappa shape index (κ2) is 9.93. The standard InChI is InChI=1S/C22H24FN5O2S/c1-2-27-11-13-28(14-12-27)19-6-4-3-5-18(19)24-20(29)15-31-22-26-25-21(30-22)16-7-9-17(23)10-8-16/h3-10H,2,11-15H2,1H3,(H,24,29). The van der Waals surface area contributed by atoms with Crippen LogP contribution in [0.25, 0.3) is 11.5 Å². The number of aromatic nitrogens is 2. The zero-order chi connectivity index (χ0) is 21.6. The molecule has 31 heavy (non-hydrogen) atoms. The molecule has 0 radical (unpaired) electrons. The third-order valence-corrected chi connectivity index (χ3v) is 5.98. The van der Waals surface area contributed by atoms with Crippen LogP contribution in [0.5, 0.6) is 0 Å². The average molecular weight is 442 g/mol. The number of rotatable bonds is 7. The molecule has 1 saturated heterocycles. The Morgan fingerprint density at radius 1 is 1.10 bits per heavy atom. The molecule has 0 aliphatic carbocycles. The van der Waals surface area contributed by atoms with Crippen molar-refractivity contribution >= 4 is 29.0 Å². The van der Waals surface area contributed by atoms with E-state index in [0.29, 0.717) is 16.7 Å². The summed E-state index contributed by atoms with van der Waals surface area (Å²) in [7, 11) is 0. The number of carbonyl (C=O) groups is 1. The lowest BCUT2D eigenvalue weighted by molar-refractivity contribution is -0.113. The largest absolute Gasteiger partial charge is 0.411 e. The lowest BCUT2D eigenvalue weighted by Gasteiger charge is -2.36. The number of hydrogen-bond acceptors (Lipinski definition) is 7. The first-order valence-corrected chi connectivity index (χ1v) is 11.2. The highest BCUT2D eigenvalue weighted by Crippen LogP contribution is 2.28. The summed E-state index contributed by atoms with van der Waals surface area (Å²) in [5.74, 6) is -0.0454. The monoisotopic (exact) mass is 441 g/mol. The van der Waals surface area contributed by atoms with Crippen LogP contribution in [-0.4, -0.2) is 59.5 Å². The maximum Gasteiger partial charge on any atom is 0.277 e. The molecule has 162 valence electrons. The number of carbonyl (C=O) groups excluding carboxylic acids is 1. The van der Waals surface area contributed by atoms with E-state index < -0.39 is 0 Å². The van der Waals surface area contributed by atoms with E-state index in [-0.39, 0.29) is 17.5 Å². The molecule has 1 aliphatic heterocycles. The first-order valence-electron chi connectivity index (χ1n) is 10.2. The minimum Gasteiger partial charge on any atom is -0.411 e. The topological polar surface area (TPSA) is 74.5 Å². The number of anilines is 2. The SMILES string of the molecule is CCN1CCN(c2ccccc2NC(=O)CSc2nnc(-c3ccc(F)cc3)o2)CC1. The van der Waals surface area contributed by atoms with E-state index in [1.807, 2.05) is 24.3 Å². The van der Waals surface area contributed by atoms with Crippen molar-refractivity contribution in [2.75, 3.05) is 48.7 Å². The van der Waals surface area contributed by atoms with Crippen molar-refractivity contribution in [2.24, 2.45) is 0 Å². The molecule has 4 rings (SSSR count). The zero-order valence-electron chi connectivity index (χ0n) is 17.3. The summed E-state index contributed by atoms with van der Waals surface area (Å²) in [5.41, 5.74) is 2.46. The molecule has 2 heterocycles. The summed E-state index contributed by atoms with van der Waals surface area (Å²) in [6, 6.07) is 13.7. The molecule has 0 spiro atoms. The number of nitrogens with one attached hydrogen (secondary N) is 1. The van der Waals surface area contributed by atoms with Crippen molar-refractivity contribution < 1.29 is 13.6 Å². The molecule has 3 aromatic rings. The average Bonchev–Trinajstić information content (AvgIpc) is 3.28. The van der Waals surface area contributed by atoms with Crippen LogP contribution < -0.4 is 10.2 Å². The molecular weight excluding hydrogens is 417 g/mol. The Kier molecular flexibility index (Phi) is 6.83. The minimum absolute atomic E-state index is 0.142. The smallest absolute Gasteiger partial charge is 0.277 e. The first-order chi connectivity index (χ1) is 15.1. The van der Waals surface area contributed by atoms with Crippen LogP contribution in [0, 0.1) is 5.82 Å². The fraction of sp³-hybridized carbons (Fsp3) is 0.318. The number of thioether (sulfide) groups is 1. The molecule has 0 bridgehead atoms. The summed E-state index contributed by atoms with van der Waals surface area (Å²) in [6.07, 6.45) is 0. The van der Waals surface area contributed by atoms with Gasteiger partial charge in [-0.25, -0.2) is 4.39 Å². The number of nitrogens with zero attached hydrogens (tertiary/aromatic N) is 4. The number of likely N-dealkylation sites (N-methyl/N-ethyl adjacent to an activating group) is 1. The zero-order valence-corrected chi connectivity index (χ0v) is 18.1. The van der Waals surface area contributed by atoms with E-state index in [0.717, 1.165) is 55.9 Å². The maximum atomic E-state index is 13.1. The van der Waals surface area contributed by atoms with Gasteiger partial charge in [-0.1, -0.05) is 30.8 Å². The summed E-state index contributed by atoms with van der Waals surface area (Å²) in [5, 5.41) is 11.2. The highest BCUT2D eigenvalue weighted by Gasteiger charge is 2.19. The van der Waals surface area contributed by atoms with Gasteiger partial charge >= 0.3 is 0 Å². The predicted molar refractivity (Wildman–Crippen MR) is 120 cm³/mol. The van der Waals surface area contributed by atoms with Crippen LogP contribution >= 0.6 is 11.8 Å². The quantitative estimate of drug-likeness (QED) is 0.560. The van der Waals surface area contributed by atoms with Gasteiger partial charge in [0.25, 0.3) is 5.22 Å². The molecule has 2 aromatic carbocycles. The van der Waals surface area contributed by atoms with Gasteiger partial charge in [0.2, 0.25) is 11.8 Å². The lowest BCUT2D eigenvalue weighted by atomic mass is 10.2. The molecule has 0 atom stereocenters. The van der Waals surface area contributed by atoms with E-state index in [9.17, 15) is 9.18 Å². The number of hydrogen-bond donors (Lipinski definition) is 1. The Bertz CT molecular complexity index is 1020. The minimum atomic E-state index is -0.331. The van der Waals surface area contributed by atoms with Crippen LogP contribution in [0.3, 0.4) is 0 Å². The Hall–Kier alpha value is -2.91. The maximum absolute atomic E-state index is 13.1. The Morgan fingerprint density at radius 2 is 1.84 bits per heavy atom. The molecule has 1 fully saturated rings. The van der Waals surface area contributed by atoms with E-state index in [4.69, 9.17) is 4.42 Å². The van der Waals surface area contributed by atoms with Gasteiger partial charge in [0.1, 0.15) is 5.82 Å². The van der Waals surface area contributed by atoms with Crippen LogP contribution in [0.15, 0.2) is 58.2 Å². The second-order valence-electron chi connectivity index (χ2n) is 7.16. The van der Waals surface area contributed by atoms with Crippen LogP contribution in [0.4, 0.5) is 15.8 Å². The lowest BCUT2D eigenvalue weighted by Crippen LogP contribution is -2.46. The number of benzene rings is 2. The molecule has 1 aliphatic rings. The molecule has 1 N–H and O–H groups in total. The molecule has 7 nitrogen and oxygen atoms in total. The first kappa shape index (κ1) is 21.3. The fourth-order valence-electron chi connectivity index (χ4n) is 3.45. The summed E-state index contributed by atoms with van der Waals surface area (Å²) in [6.45, 7) is 7.13. The van der Waals surface area contributed by atoms with Gasteiger partial charge in [-0.05, 0) is 42.9 Å². The molecule has 0 saturated carbocycles. The number of piperazine rings is 1. The third kappa shape index (κ3) is 5.42. The van der Waals surface area contributed by atoms with E-state index in [2.05, 4.69) is 32.2 Å². The third-order valence-electron chi connectivity index (χ3n) is 5.16. The number of halogens is 1. The van der Waals surface area contributed by atoms with Gasteiger partial charge < -0.3 is 19.5 Å². The van der Waals surface area contributed by atoms with Gasteiger partial charge in [-0.15, -0.1) is 10.2 Å². The summed E-state index contributed by atoms with van der Waals surface area (Å²) < 4.78 is 18.6. The highest BCUT2D eigenvalue weighted by atomic mass is 32.2. The van der Waals surface area contributed by atoms with Gasteiger partial charge in [0.15, 0.2) is 0 Å². The van der Waals surface area contributed by atoms with Crippen molar-refractivity contribution in [3.63, 3.8) is 0 Å². The number of amides is 1. The van der Waals surface area contributed by atoms with Crippen LogP contribution in [0.1, 0.15) is 6.92 Å². The normalized spacial score (nSPS) is 14.6. The second-order valence-corrected chi connectivity index (χ2v) is 8.08. The van der Waals surface area contributed by atoms with Crippen molar-refractivity contribution in [1.82, 2.24) is 15.1 Å².